The van der Waals surface area contributed by atoms with Crippen LogP contribution in [0.1, 0.15) is 25.7 Å². The molecule has 6 rings (SSSR count). The summed E-state index contributed by atoms with van der Waals surface area (Å²) in [6, 6.07) is 0.779. The van der Waals surface area contributed by atoms with E-state index in [0.29, 0.717) is 38.6 Å². The molecule has 3 fully saturated rings. The lowest BCUT2D eigenvalue weighted by Gasteiger charge is -2.53. The predicted molar refractivity (Wildman–Crippen MR) is 135 cm³/mol. The highest BCUT2D eigenvalue weighted by molar-refractivity contribution is 5.89. The molecule has 13 heteroatoms. The van der Waals surface area contributed by atoms with E-state index in [-0.39, 0.29) is 18.4 Å². The zero-order valence-electron chi connectivity index (χ0n) is 21.2. The largest absolute Gasteiger partial charge is 0.404 e. The van der Waals surface area contributed by atoms with Crippen molar-refractivity contribution >= 4 is 11.0 Å². The number of nitrogens with one attached hydrogen (secondary N) is 1. The number of rotatable bonds is 7. The molecule has 206 valence electrons. The maximum Gasteiger partial charge on any atom is 0.404 e. The summed E-state index contributed by atoms with van der Waals surface area (Å²) >= 11 is 0. The number of nitrogens with two attached hydrogens (primary N) is 1. The second-order valence-electron chi connectivity index (χ2n) is 11.0. The van der Waals surface area contributed by atoms with E-state index in [4.69, 9.17) is 5.73 Å². The number of halogens is 3. The molecule has 0 aromatic carbocycles. The van der Waals surface area contributed by atoms with Crippen molar-refractivity contribution in [1.29, 1.82) is 0 Å². The third-order valence-electron chi connectivity index (χ3n) is 8.69. The van der Waals surface area contributed by atoms with Gasteiger partial charge in [0.2, 0.25) is 0 Å². The van der Waals surface area contributed by atoms with E-state index in [1.165, 1.54) is 4.90 Å². The summed E-state index contributed by atoms with van der Waals surface area (Å²) in [7, 11) is 0. The minimum Gasteiger partial charge on any atom is -0.365 e. The number of H-pyrrole nitrogens is 1. The molecule has 3 aliphatic rings. The Morgan fingerprint density at radius 2 is 1.95 bits per heavy atom. The summed E-state index contributed by atoms with van der Waals surface area (Å²) in [5, 5.41) is 16.3. The first-order chi connectivity index (χ1) is 18.3. The van der Waals surface area contributed by atoms with Crippen molar-refractivity contribution in [2.75, 3.05) is 39.3 Å². The maximum absolute atomic E-state index is 13.4. The van der Waals surface area contributed by atoms with Crippen LogP contribution in [0.4, 0.5) is 13.2 Å². The van der Waals surface area contributed by atoms with Crippen molar-refractivity contribution in [3.05, 3.63) is 31.0 Å². The fraction of sp³-hybridized carbons (Fsp3) is 0.640. The molecule has 3 aromatic heterocycles. The van der Waals surface area contributed by atoms with Crippen LogP contribution in [0.5, 0.6) is 0 Å². The SMILES string of the molecule is NCC1(Cn2cc(-c3ncnc4[nH]ccc34)cn2)CC(N2CCN(C(O)N3CCC[C@H]3C(F)(F)F)CC2)C1. The van der Waals surface area contributed by atoms with Crippen LogP contribution >= 0.6 is 0 Å². The fourth-order valence-electron chi connectivity index (χ4n) is 6.54. The van der Waals surface area contributed by atoms with Crippen LogP contribution in [0.2, 0.25) is 0 Å². The third-order valence-corrected chi connectivity index (χ3v) is 8.69. The number of aliphatic hydroxyl groups is 1. The number of fused-ring (bicyclic) bond motifs is 1. The number of likely N-dealkylation sites (tertiary alicyclic amines) is 1. The molecule has 0 radical (unpaired) electrons. The van der Waals surface area contributed by atoms with Crippen LogP contribution in [0.15, 0.2) is 31.0 Å². The van der Waals surface area contributed by atoms with Gasteiger partial charge in [0.25, 0.3) is 0 Å². The zero-order valence-corrected chi connectivity index (χ0v) is 21.2. The lowest BCUT2D eigenvalue weighted by Crippen LogP contribution is -2.63. The fourth-order valence-corrected chi connectivity index (χ4v) is 6.54. The van der Waals surface area contributed by atoms with Gasteiger partial charge >= 0.3 is 6.18 Å². The molecule has 1 aliphatic carbocycles. The van der Waals surface area contributed by atoms with Gasteiger partial charge in [-0.1, -0.05) is 0 Å². The van der Waals surface area contributed by atoms with Gasteiger partial charge in [-0.05, 0) is 38.3 Å². The molecule has 10 nitrogen and oxygen atoms in total. The van der Waals surface area contributed by atoms with E-state index in [1.54, 1.807) is 11.2 Å². The molecule has 2 saturated heterocycles. The minimum absolute atomic E-state index is 0.0465. The number of nitrogens with zero attached hydrogens (tertiary/aromatic N) is 7. The number of alkyl halides is 3. The maximum atomic E-state index is 13.4. The quantitative estimate of drug-likeness (QED) is 0.422. The Labute approximate surface area is 218 Å². The van der Waals surface area contributed by atoms with Crippen LogP contribution in [0, 0.1) is 5.41 Å². The molecule has 2 aliphatic heterocycles. The number of hydrogen-bond donors (Lipinski definition) is 3. The van der Waals surface area contributed by atoms with Crippen molar-refractivity contribution in [3.63, 3.8) is 0 Å². The van der Waals surface area contributed by atoms with Gasteiger partial charge in [0.05, 0.1) is 11.9 Å². The molecule has 0 bridgehead atoms. The standard InChI is InChI=1S/C25H34F3N9O/c26-25(27,28)20-2-1-5-37(20)23(38)35-8-6-34(7-9-35)18-10-24(11-18,14-29)15-36-13-17(12-33-36)21-19-3-4-30-22(19)32-16-31-21/h3-4,12-13,16,18,20,23,38H,1-2,5-11,14-15,29H2,(H,30,31,32)/t18?,20-,23?,24?/m0/s1. The van der Waals surface area contributed by atoms with Crippen molar-refractivity contribution in [2.24, 2.45) is 11.1 Å². The van der Waals surface area contributed by atoms with Gasteiger partial charge in [0.1, 0.15) is 18.0 Å². The summed E-state index contributed by atoms with van der Waals surface area (Å²) in [6.07, 6.45) is 4.11. The number of piperazine rings is 1. The van der Waals surface area contributed by atoms with Crippen LogP contribution in [0.3, 0.4) is 0 Å². The Balaban J connectivity index is 1.03. The lowest BCUT2D eigenvalue weighted by molar-refractivity contribution is -0.220. The van der Waals surface area contributed by atoms with Gasteiger partial charge < -0.3 is 15.8 Å². The Morgan fingerprint density at radius 1 is 1.16 bits per heavy atom. The van der Waals surface area contributed by atoms with Gasteiger partial charge in [0.15, 0.2) is 6.35 Å². The van der Waals surface area contributed by atoms with E-state index >= 15 is 0 Å². The summed E-state index contributed by atoms with van der Waals surface area (Å²) in [6.45, 7) is 4.08. The van der Waals surface area contributed by atoms with E-state index in [2.05, 4.69) is 25.0 Å². The smallest absolute Gasteiger partial charge is 0.365 e. The van der Waals surface area contributed by atoms with Gasteiger partial charge in [-0.25, -0.2) is 9.97 Å². The molecular weight excluding hydrogens is 499 g/mol. The topological polar surface area (TPSA) is 115 Å². The molecule has 5 heterocycles. The molecule has 1 unspecified atom stereocenters. The molecule has 4 N–H and O–H groups in total. The zero-order chi connectivity index (χ0) is 26.5. The summed E-state index contributed by atoms with van der Waals surface area (Å²) in [4.78, 5) is 17.2. The molecule has 2 atom stereocenters. The van der Waals surface area contributed by atoms with Crippen LogP contribution in [-0.4, -0.2) is 108 Å². The van der Waals surface area contributed by atoms with Gasteiger partial charge in [-0.15, -0.1) is 0 Å². The van der Waals surface area contributed by atoms with E-state index in [0.717, 1.165) is 48.2 Å². The lowest BCUT2D eigenvalue weighted by atomic mass is 9.64. The first-order valence-electron chi connectivity index (χ1n) is 13.3. The van der Waals surface area contributed by atoms with E-state index in [1.807, 2.05) is 29.3 Å². The summed E-state index contributed by atoms with van der Waals surface area (Å²) in [5.41, 5.74) is 8.76. The highest BCUT2D eigenvalue weighted by Gasteiger charge is 2.50. The second-order valence-corrected chi connectivity index (χ2v) is 11.0. The van der Waals surface area contributed by atoms with Crippen LogP contribution in [-0.2, 0) is 6.54 Å². The summed E-state index contributed by atoms with van der Waals surface area (Å²) < 4.78 is 42.0. The molecule has 0 amide bonds. The normalized spacial score (nSPS) is 28.7. The molecule has 38 heavy (non-hydrogen) atoms. The van der Waals surface area contributed by atoms with Crippen LogP contribution < -0.4 is 5.73 Å². The average Bonchev–Trinajstić information content (AvgIpc) is 3.65. The number of aliphatic hydroxyl groups excluding tert-OH is 1. The highest BCUT2D eigenvalue weighted by atomic mass is 19.4. The number of aromatic amines is 1. The summed E-state index contributed by atoms with van der Waals surface area (Å²) in [5.74, 6) is 0. The average molecular weight is 534 g/mol. The molecular formula is C25H34F3N9O. The first-order valence-corrected chi connectivity index (χ1v) is 13.3. The van der Waals surface area contributed by atoms with Crippen molar-refractivity contribution in [1.82, 2.24) is 39.4 Å². The Morgan fingerprint density at radius 3 is 2.68 bits per heavy atom. The Kier molecular flexibility index (Phi) is 6.67. The van der Waals surface area contributed by atoms with Crippen molar-refractivity contribution in [2.45, 2.75) is 56.8 Å². The van der Waals surface area contributed by atoms with Gasteiger partial charge in [-0.2, -0.15) is 18.3 Å². The minimum atomic E-state index is -4.31. The Hall–Kier alpha value is -2.58. The first kappa shape index (κ1) is 25.7. The Bertz CT molecular complexity index is 1250. The monoisotopic (exact) mass is 533 g/mol. The van der Waals surface area contributed by atoms with E-state index < -0.39 is 18.6 Å². The molecule has 1 saturated carbocycles. The number of hydrogen-bond acceptors (Lipinski definition) is 8. The number of aromatic nitrogens is 5. The highest BCUT2D eigenvalue weighted by Crippen LogP contribution is 2.45. The second kappa shape index (κ2) is 9.87. The molecule has 3 aromatic rings. The predicted octanol–water partition coefficient (Wildman–Crippen LogP) is 1.85. The van der Waals surface area contributed by atoms with Crippen molar-refractivity contribution < 1.29 is 18.3 Å². The third kappa shape index (κ3) is 4.70. The molecule has 0 spiro atoms. The van der Waals surface area contributed by atoms with Crippen molar-refractivity contribution in [3.8, 4) is 11.3 Å². The van der Waals surface area contributed by atoms with Gasteiger partial charge in [0, 0.05) is 74.1 Å². The van der Waals surface area contributed by atoms with Crippen LogP contribution in [0.25, 0.3) is 22.3 Å². The van der Waals surface area contributed by atoms with E-state index in [9.17, 15) is 18.3 Å². The van der Waals surface area contributed by atoms with Gasteiger partial charge in [-0.3, -0.25) is 19.4 Å².